The minimum absolute atomic E-state index is 0.151. The highest BCUT2D eigenvalue weighted by atomic mass is 79.9. The minimum Gasteiger partial charge on any atom is -0.391 e. The van der Waals surface area contributed by atoms with Crippen LogP contribution in [-0.2, 0) is 21.4 Å². The van der Waals surface area contributed by atoms with E-state index in [4.69, 9.17) is 9.84 Å². The Kier molecular flexibility index (Phi) is 4.22. The molecule has 0 amide bonds. The normalized spacial score (nSPS) is 18.5. The van der Waals surface area contributed by atoms with Crippen LogP contribution in [0.5, 0.6) is 0 Å². The molecular formula is C9H12BrNO4S2. The first kappa shape index (κ1) is 13.4. The molecule has 0 radical (unpaired) electrons. The van der Waals surface area contributed by atoms with Gasteiger partial charge in [0.15, 0.2) is 0 Å². The number of aliphatic hydroxyl groups is 1. The molecular weight excluding hydrogens is 330 g/mol. The molecule has 0 aliphatic carbocycles. The van der Waals surface area contributed by atoms with Crippen LogP contribution in [0.4, 0.5) is 0 Å². The van der Waals surface area contributed by atoms with Crippen molar-refractivity contribution in [2.45, 2.75) is 11.5 Å². The average molecular weight is 342 g/mol. The number of hydrogen-bond donors (Lipinski definition) is 1. The molecule has 0 unspecified atom stereocenters. The Morgan fingerprint density at radius 1 is 1.47 bits per heavy atom. The standard InChI is InChI=1S/C9H12BrNO4S2/c10-9-8(5-7(6-12)16-9)17(13,14)11-1-3-15-4-2-11/h5,12H,1-4,6H2. The zero-order chi connectivity index (χ0) is 12.5. The summed E-state index contributed by atoms with van der Waals surface area (Å²) in [5.74, 6) is 0. The van der Waals surface area contributed by atoms with Crippen molar-refractivity contribution in [3.63, 3.8) is 0 Å². The number of halogens is 1. The number of aliphatic hydroxyl groups excluding tert-OH is 1. The number of rotatable bonds is 3. The molecule has 5 nitrogen and oxygen atoms in total. The van der Waals surface area contributed by atoms with E-state index in [9.17, 15) is 8.42 Å². The average Bonchev–Trinajstić information content (AvgIpc) is 2.72. The van der Waals surface area contributed by atoms with Gasteiger partial charge in [0, 0.05) is 18.0 Å². The molecule has 0 atom stereocenters. The fraction of sp³-hybridized carbons (Fsp3) is 0.556. The van der Waals surface area contributed by atoms with Crippen LogP contribution in [-0.4, -0.2) is 44.1 Å². The van der Waals surface area contributed by atoms with Crippen molar-refractivity contribution in [1.29, 1.82) is 0 Å². The molecule has 1 aromatic heterocycles. The highest BCUT2D eigenvalue weighted by Gasteiger charge is 2.29. The van der Waals surface area contributed by atoms with Gasteiger partial charge in [0.05, 0.1) is 23.6 Å². The summed E-state index contributed by atoms with van der Waals surface area (Å²) in [6, 6.07) is 1.51. The van der Waals surface area contributed by atoms with Gasteiger partial charge in [-0.2, -0.15) is 4.31 Å². The number of thiophene rings is 1. The first-order chi connectivity index (χ1) is 8.05. The summed E-state index contributed by atoms with van der Waals surface area (Å²) in [7, 11) is -3.48. The summed E-state index contributed by atoms with van der Waals surface area (Å²) in [6.07, 6.45) is 0. The molecule has 1 fully saturated rings. The Hall–Kier alpha value is 0.01000. The molecule has 1 N–H and O–H groups in total. The topological polar surface area (TPSA) is 66.8 Å². The van der Waals surface area contributed by atoms with Gasteiger partial charge in [-0.05, 0) is 22.0 Å². The third kappa shape index (κ3) is 2.72. The molecule has 2 rings (SSSR count). The Morgan fingerprint density at radius 2 is 2.12 bits per heavy atom. The zero-order valence-electron chi connectivity index (χ0n) is 8.93. The second-order valence-corrected chi connectivity index (χ2v) is 7.89. The quantitative estimate of drug-likeness (QED) is 0.891. The van der Waals surface area contributed by atoms with Crippen molar-refractivity contribution < 1.29 is 18.3 Å². The van der Waals surface area contributed by atoms with Crippen molar-refractivity contribution in [1.82, 2.24) is 4.31 Å². The van der Waals surface area contributed by atoms with Crippen LogP contribution in [0.3, 0.4) is 0 Å². The Balaban J connectivity index is 2.33. The van der Waals surface area contributed by atoms with Gasteiger partial charge < -0.3 is 9.84 Å². The van der Waals surface area contributed by atoms with Crippen LogP contribution in [0.25, 0.3) is 0 Å². The number of sulfonamides is 1. The van der Waals surface area contributed by atoms with Crippen molar-refractivity contribution >= 4 is 37.3 Å². The van der Waals surface area contributed by atoms with Gasteiger partial charge in [-0.15, -0.1) is 11.3 Å². The fourth-order valence-electron chi connectivity index (χ4n) is 1.58. The van der Waals surface area contributed by atoms with E-state index in [1.54, 1.807) is 0 Å². The lowest BCUT2D eigenvalue weighted by molar-refractivity contribution is 0.0730. The highest BCUT2D eigenvalue weighted by Crippen LogP contribution is 2.33. The van der Waals surface area contributed by atoms with Crippen LogP contribution in [0.15, 0.2) is 14.7 Å². The Labute approximate surface area is 112 Å². The minimum atomic E-state index is -3.48. The molecule has 2 heterocycles. The summed E-state index contributed by atoms with van der Waals surface area (Å²) in [4.78, 5) is 0.858. The number of hydrogen-bond acceptors (Lipinski definition) is 5. The van der Waals surface area contributed by atoms with Gasteiger partial charge in [0.25, 0.3) is 0 Å². The third-order valence-electron chi connectivity index (χ3n) is 2.45. The lowest BCUT2D eigenvalue weighted by atomic mass is 10.5. The second kappa shape index (κ2) is 5.33. The number of nitrogens with zero attached hydrogens (tertiary/aromatic N) is 1. The van der Waals surface area contributed by atoms with E-state index in [-0.39, 0.29) is 11.5 Å². The summed E-state index contributed by atoms with van der Waals surface area (Å²) >= 11 is 4.47. The Bertz CT molecular complexity index is 493. The molecule has 1 saturated heterocycles. The van der Waals surface area contributed by atoms with E-state index in [0.717, 1.165) is 0 Å². The molecule has 0 saturated carbocycles. The monoisotopic (exact) mass is 341 g/mol. The lowest BCUT2D eigenvalue weighted by Crippen LogP contribution is -2.40. The van der Waals surface area contributed by atoms with E-state index in [1.165, 1.54) is 21.7 Å². The van der Waals surface area contributed by atoms with Gasteiger partial charge in [0.2, 0.25) is 10.0 Å². The second-order valence-electron chi connectivity index (χ2n) is 3.53. The number of ether oxygens (including phenoxy) is 1. The zero-order valence-corrected chi connectivity index (χ0v) is 12.1. The predicted octanol–water partition coefficient (Wildman–Crippen LogP) is 1.02. The van der Waals surface area contributed by atoms with Gasteiger partial charge in [-0.3, -0.25) is 0 Å². The maximum Gasteiger partial charge on any atom is 0.245 e. The maximum absolute atomic E-state index is 12.3. The highest BCUT2D eigenvalue weighted by molar-refractivity contribution is 9.11. The predicted molar refractivity (Wildman–Crippen MR) is 67.5 cm³/mol. The van der Waals surface area contributed by atoms with Crippen molar-refractivity contribution in [3.8, 4) is 0 Å². The van der Waals surface area contributed by atoms with Gasteiger partial charge in [-0.25, -0.2) is 8.42 Å². The molecule has 1 aliphatic heterocycles. The van der Waals surface area contributed by atoms with Crippen LogP contribution in [0, 0.1) is 0 Å². The lowest BCUT2D eigenvalue weighted by Gasteiger charge is -2.25. The molecule has 0 aromatic carbocycles. The van der Waals surface area contributed by atoms with E-state index in [0.29, 0.717) is 35.0 Å². The van der Waals surface area contributed by atoms with E-state index >= 15 is 0 Å². The van der Waals surface area contributed by atoms with E-state index < -0.39 is 10.0 Å². The molecule has 1 aromatic rings. The van der Waals surface area contributed by atoms with Crippen LogP contribution < -0.4 is 0 Å². The Morgan fingerprint density at radius 3 is 2.65 bits per heavy atom. The molecule has 96 valence electrons. The van der Waals surface area contributed by atoms with Gasteiger partial charge in [-0.1, -0.05) is 0 Å². The molecule has 0 bridgehead atoms. The summed E-state index contributed by atoms with van der Waals surface area (Å²) in [6.45, 7) is 1.45. The molecule has 0 spiro atoms. The van der Waals surface area contributed by atoms with E-state index in [1.807, 2.05) is 0 Å². The first-order valence-corrected chi connectivity index (χ1v) is 8.07. The largest absolute Gasteiger partial charge is 0.391 e. The van der Waals surface area contributed by atoms with Crippen LogP contribution >= 0.6 is 27.3 Å². The van der Waals surface area contributed by atoms with Crippen LogP contribution in [0.1, 0.15) is 4.88 Å². The first-order valence-electron chi connectivity index (χ1n) is 5.02. The fourth-order valence-corrected chi connectivity index (χ4v) is 5.48. The molecule has 17 heavy (non-hydrogen) atoms. The maximum atomic E-state index is 12.3. The smallest absolute Gasteiger partial charge is 0.245 e. The summed E-state index contributed by atoms with van der Waals surface area (Å²) < 4.78 is 31.7. The number of morpholine rings is 1. The van der Waals surface area contributed by atoms with E-state index in [2.05, 4.69) is 15.9 Å². The van der Waals surface area contributed by atoms with Gasteiger partial charge in [0.1, 0.15) is 4.90 Å². The molecule has 8 heteroatoms. The van der Waals surface area contributed by atoms with Crippen molar-refractivity contribution in [2.75, 3.05) is 26.3 Å². The SMILES string of the molecule is O=S(=O)(c1cc(CO)sc1Br)N1CCOCC1. The third-order valence-corrected chi connectivity index (χ3v) is 6.59. The van der Waals surface area contributed by atoms with Crippen molar-refractivity contribution in [2.24, 2.45) is 0 Å². The van der Waals surface area contributed by atoms with Gasteiger partial charge >= 0.3 is 0 Å². The van der Waals surface area contributed by atoms with Crippen LogP contribution in [0.2, 0.25) is 0 Å². The molecule has 1 aliphatic rings. The van der Waals surface area contributed by atoms with Crippen molar-refractivity contribution in [3.05, 3.63) is 14.7 Å². The summed E-state index contributed by atoms with van der Waals surface area (Å²) in [5, 5.41) is 9.01. The summed E-state index contributed by atoms with van der Waals surface area (Å²) in [5.41, 5.74) is 0.